The summed E-state index contributed by atoms with van der Waals surface area (Å²) in [6.45, 7) is 1.51. The van der Waals surface area contributed by atoms with Crippen molar-refractivity contribution in [2.45, 2.75) is 70.1 Å². The minimum absolute atomic E-state index is 0.00837. The minimum atomic E-state index is -3.17. The van der Waals surface area contributed by atoms with Crippen molar-refractivity contribution in [1.82, 2.24) is 0 Å². The summed E-state index contributed by atoms with van der Waals surface area (Å²) in [6.07, 6.45) is 5.55. The van der Waals surface area contributed by atoms with Gasteiger partial charge in [-0.2, -0.15) is 8.78 Å². The maximum Gasteiger partial charge on any atom is 0.394 e. The van der Waals surface area contributed by atoms with E-state index in [0.717, 1.165) is 37.6 Å². The van der Waals surface area contributed by atoms with Crippen molar-refractivity contribution >= 4 is 5.69 Å². The summed E-state index contributed by atoms with van der Waals surface area (Å²) >= 11 is 0. The summed E-state index contributed by atoms with van der Waals surface area (Å²) in [5.41, 5.74) is 1.99. The maximum absolute atomic E-state index is 13.2. The zero-order valence-electron chi connectivity index (χ0n) is 14.8. The van der Waals surface area contributed by atoms with Crippen molar-refractivity contribution in [2.24, 2.45) is 11.8 Å². The Bertz CT molecular complexity index is 610. The van der Waals surface area contributed by atoms with Crippen LogP contribution in [0.4, 0.5) is 14.5 Å². The molecule has 0 bridgehead atoms. The number of nitrogens with one attached hydrogen (secondary N) is 1. The number of fused-ring (bicyclic) bond motifs is 3. The fraction of sp³-hybridized carbons (Fsp3) is 0.700. The van der Waals surface area contributed by atoms with Crippen LogP contribution < -0.4 is 10.1 Å². The Balaban J connectivity index is 1.63. The number of rotatable bonds is 3. The third-order valence-corrected chi connectivity index (χ3v) is 5.94. The van der Waals surface area contributed by atoms with E-state index in [1.165, 1.54) is 32.1 Å². The van der Waals surface area contributed by atoms with Gasteiger partial charge in [0.05, 0.1) is 6.10 Å². The summed E-state index contributed by atoms with van der Waals surface area (Å²) in [5, 5.41) is 3.73. The van der Waals surface area contributed by atoms with Crippen molar-refractivity contribution in [3.05, 3.63) is 23.8 Å². The highest BCUT2D eigenvalue weighted by molar-refractivity contribution is 5.58. The normalized spacial score (nSPS) is 30.1. The van der Waals surface area contributed by atoms with Crippen molar-refractivity contribution in [2.75, 3.05) is 11.9 Å². The molecule has 3 unspecified atom stereocenters. The van der Waals surface area contributed by atoms with Gasteiger partial charge in [-0.3, -0.25) is 0 Å². The quantitative estimate of drug-likeness (QED) is 0.778. The summed E-state index contributed by atoms with van der Waals surface area (Å²) in [4.78, 5) is 0. The van der Waals surface area contributed by atoms with Gasteiger partial charge in [-0.05, 0) is 49.8 Å². The molecule has 1 aromatic rings. The van der Waals surface area contributed by atoms with E-state index in [2.05, 4.69) is 5.32 Å². The molecule has 0 amide bonds. The predicted octanol–water partition coefficient (Wildman–Crippen LogP) is 5.52. The molecule has 3 nitrogen and oxygen atoms in total. The lowest BCUT2D eigenvalue weighted by Gasteiger charge is -2.47. The van der Waals surface area contributed by atoms with Crippen LogP contribution in [0.1, 0.15) is 63.5 Å². The zero-order valence-corrected chi connectivity index (χ0v) is 14.8. The highest BCUT2D eigenvalue weighted by atomic mass is 19.3. The van der Waals surface area contributed by atoms with Gasteiger partial charge in [-0.25, -0.2) is 0 Å². The molecule has 3 atom stereocenters. The smallest absolute Gasteiger partial charge is 0.394 e. The van der Waals surface area contributed by atoms with Gasteiger partial charge in [-0.1, -0.05) is 19.3 Å². The lowest BCUT2D eigenvalue weighted by molar-refractivity contribution is -0.159. The molecule has 0 radical (unpaired) electrons. The van der Waals surface area contributed by atoms with E-state index in [1.54, 1.807) is 12.1 Å². The average molecular weight is 351 g/mol. The largest absolute Gasteiger partial charge is 0.433 e. The molecule has 25 heavy (non-hydrogen) atoms. The highest BCUT2D eigenvalue weighted by Gasteiger charge is 2.42. The minimum Gasteiger partial charge on any atom is -0.433 e. The molecule has 1 N–H and O–H groups in total. The van der Waals surface area contributed by atoms with Crippen LogP contribution in [0, 0.1) is 11.8 Å². The Morgan fingerprint density at radius 1 is 1.12 bits per heavy atom. The van der Waals surface area contributed by atoms with Crippen LogP contribution in [-0.4, -0.2) is 18.8 Å². The zero-order chi connectivity index (χ0) is 17.4. The van der Waals surface area contributed by atoms with E-state index in [-0.39, 0.29) is 11.9 Å². The van der Waals surface area contributed by atoms with Crippen molar-refractivity contribution in [1.29, 1.82) is 0 Å². The maximum atomic E-state index is 13.2. The van der Waals surface area contributed by atoms with Crippen LogP contribution in [0.25, 0.3) is 0 Å². The Morgan fingerprint density at radius 3 is 2.68 bits per heavy atom. The van der Waals surface area contributed by atoms with Crippen molar-refractivity contribution in [3.63, 3.8) is 0 Å². The molecule has 5 heteroatoms. The molecule has 3 aliphatic rings. The lowest BCUT2D eigenvalue weighted by Crippen LogP contribution is -2.46. The van der Waals surface area contributed by atoms with E-state index in [1.807, 2.05) is 6.07 Å². The first-order valence-corrected chi connectivity index (χ1v) is 9.60. The Morgan fingerprint density at radius 2 is 1.92 bits per heavy atom. The van der Waals surface area contributed by atoms with E-state index in [4.69, 9.17) is 9.47 Å². The molecule has 2 aliphatic heterocycles. The van der Waals surface area contributed by atoms with Gasteiger partial charge in [0.2, 0.25) is 0 Å². The summed E-state index contributed by atoms with van der Waals surface area (Å²) in [5.74, 6) is 1.31. The van der Waals surface area contributed by atoms with Gasteiger partial charge < -0.3 is 14.8 Å². The first-order chi connectivity index (χ1) is 12.0. The molecule has 1 aromatic carbocycles. The van der Waals surface area contributed by atoms with Crippen molar-refractivity contribution in [3.8, 4) is 5.75 Å². The molecule has 1 saturated carbocycles. The molecule has 0 aromatic heterocycles. The second kappa shape index (κ2) is 6.75. The molecule has 1 saturated heterocycles. The van der Waals surface area contributed by atoms with Crippen molar-refractivity contribution < 1.29 is 18.3 Å². The summed E-state index contributed by atoms with van der Waals surface area (Å²) < 4.78 is 37.3. The van der Waals surface area contributed by atoms with Gasteiger partial charge in [0, 0.05) is 36.7 Å². The average Bonchev–Trinajstić information content (AvgIpc) is 2.60. The Labute approximate surface area is 148 Å². The number of hydrogen-bond donors (Lipinski definition) is 1. The number of anilines is 1. The number of ether oxygens (including phenoxy) is 2. The highest BCUT2D eigenvalue weighted by Crippen LogP contribution is 2.48. The van der Waals surface area contributed by atoms with Gasteiger partial charge in [-0.15, -0.1) is 0 Å². The monoisotopic (exact) mass is 351 g/mol. The van der Waals surface area contributed by atoms with Crippen LogP contribution in [-0.2, 0) is 4.74 Å². The summed E-state index contributed by atoms with van der Waals surface area (Å²) in [7, 11) is 0. The number of halogens is 2. The molecule has 2 heterocycles. The molecule has 1 aliphatic carbocycles. The third-order valence-electron chi connectivity index (χ3n) is 5.94. The van der Waals surface area contributed by atoms with Gasteiger partial charge in [0.25, 0.3) is 0 Å². The van der Waals surface area contributed by atoms with E-state index < -0.39 is 6.11 Å². The predicted molar refractivity (Wildman–Crippen MR) is 93.1 cm³/mol. The van der Waals surface area contributed by atoms with E-state index >= 15 is 0 Å². The van der Waals surface area contributed by atoms with Gasteiger partial charge >= 0.3 is 6.11 Å². The second-order valence-electron chi connectivity index (χ2n) is 7.82. The number of benzene rings is 1. The first kappa shape index (κ1) is 17.1. The second-order valence-corrected chi connectivity index (χ2v) is 7.82. The Hall–Kier alpha value is -1.36. The van der Waals surface area contributed by atoms with E-state index in [0.29, 0.717) is 17.9 Å². The fourth-order valence-electron chi connectivity index (χ4n) is 4.92. The van der Waals surface area contributed by atoms with Gasteiger partial charge in [0.15, 0.2) is 0 Å². The summed E-state index contributed by atoms with van der Waals surface area (Å²) in [6, 6.07) is 5.67. The molecular weight excluding hydrogens is 324 g/mol. The topological polar surface area (TPSA) is 30.5 Å². The first-order valence-electron chi connectivity index (χ1n) is 9.60. The lowest BCUT2D eigenvalue weighted by atomic mass is 9.71. The molecule has 2 fully saturated rings. The number of alkyl halides is 2. The molecule has 0 spiro atoms. The fourth-order valence-corrected chi connectivity index (χ4v) is 4.92. The van der Waals surface area contributed by atoms with Crippen LogP contribution in [0.15, 0.2) is 18.2 Å². The standard InChI is InChI=1S/C20H27F2NO2/c1-20(21,22)25-14-9-10-17-16(12-14)19-15(8-5-11-24-19)18(23-17)13-6-3-2-4-7-13/h9-10,12-13,15,18-19,23H,2-8,11H2,1H3. The van der Waals surface area contributed by atoms with Crippen LogP contribution in [0.5, 0.6) is 5.75 Å². The molecule has 4 rings (SSSR count). The van der Waals surface area contributed by atoms with Crippen LogP contribution >= 0.6 is 0 Å². The third kappa shape index (κ3) is 3.62. The van der Waals surface area contributed by atoms with Crippen LogP contribution in [0.3, 0.4) is 0 Å². The van der Waals surface area contributed by atoms with Gasteiger partial charge in [0.1, 0.15) is 5.75 Å². The molecule has 138 valence electrons. The van der Waals surface area contributed by atoms with Crippen LogP contribution in [0.2, 0.25) is 0 Å². The Kier molecular flexibility index (Phi) is 4.61. The molecular formula is C20H27F2NO2. The van der Waals surface area contributed by atoms with E-state index in [9.17, 15) is 8.78 Å². The number of hydrogen-bond acceptors (Lipinski definition) is 3. The SMILES string of the molecule is CC(F)(F)Oc1ccc2c(c1)C1OCCCC1C(C1CCCCC1)N2.